The minimum atomic E-state index is -0.887. The van der Waals surface area contributed by atoms with Crippen molar-refractivity contribution in [2.24, 2.45) is 23.1 Å². The highest BCUT2D eigenvalue weighted by Crippen LogP contribution is 2.14. The minimum absolute atomic E-state index is 0.0937. The maximum absolute atomic E-state index is 13.7. The Labute approximate surface area is 322 Å². The summed E-state index contributed by atoms with van der Waals surface area (Å²) in [5.74, 6) is -1.26. The van der Waals surface area contributed by atoms with Gasteiger partial charge in [-0.3, -0.25) is 24.6 Å². The highest BCUT2D eigenvalue weighted by atomic mass is 16.2. The third-order valence-corrected chi connectivity index (χ3v) is 9.54. The van der Waals surface area contributed by atoms with Crippen molar-refractivity contribution in [3.63, 3.8) is 0 Å². The third-order valence-electron chi connectivity index (χ3n) is 9.54. The van der Waals surface area contributed by atoms with E-state index in [1.165, 1.54) is 64.2 Å². The second-order valence-electron chi connectivity index (χ2n) is 15.3. The fourth-order valence-electron chi connectivity index (χ4n) is 6.39. The first kappa shape index (κ1) is 50.1. The van der Waals surface area contributed by atoms with Gasteiger partial charge in [0, 0.05) is 19.0 Å². The van der Waals surface area contributed by atoms with Crippen molar-refractivity contribution in [1.82, 2.24) is 26.6 Å². The molecule has 0 spiro atoms. The van der Waals surface area contributed by atoms with Gasteiger partial charge in [0.25, 0.3) is 0 Å². The molecule has 0 unspecified atom stereocenters. The molecule has 0 rings (SSSR count). The Kier molecular flexibility index (Phi) is 31.8. The van der Waals surface area contributed by atoms with E-state index in [9.17, 15) is 19.2 Å². The number of unbranched alkanes of at least 4 members (excludes halogenated alkanes) is 14. The lowest BCUT2D eigenvalue weighted by Crippen LogP contribution is -2.57. The quantitative estimate of drug-likeness (QED) is 0.0243. The Morgan fingerprint density at radius 2 is 1.00 bits per heavy atom. The maximum Gasteiger partial charge on any atom is 0.243 e. The molecule has 0 fully saturated rings. The van der Waals surface area contributed by atoms with Crippen molar-refractivity contribution < 1.29 is 19.2 Å². The van der Waals surface area contributed by atoms with Crippen molar-refractivity contribution in [2.45, 2.75) is 200 Å². The van der Waals surface area contributed by atoms with Gasteiger partial charge in [0.2, 0.25) is 23.6 Å². The first-order valence-electron chi connectivity index (χ1n) is 21.1. The molecule has 4 amide bonds. The summed E-state index contributed by atoms with van der Waals surface area (Å²) >= 11 is 0. The molecular weight excluding hydrogens is 670 g/mol. The Morgan fingerprint density at radius 1 is 0.547 bits per heavy atom. The Balaban J connectivity index is 5.19. The summed E-state index contributed by atoms with van der Waals surface area (Å²) in [5.41, 5.74) is 16.8. The SMILES string of the molecule is CCCCCCCCCCCCCCCC(=O)N[C@@H](CCCCN)C(=O)N[C@H](CCCCN)C(=O)N[C@@H](CC(C)C)C(=O)N[C@H](C)CCCNC(=N)N. The highest BCUT2D eigenvalue weighted by molar-refractivity contribution is 5.94. The average Bonchev–Trinajstić information content (AvgIpc) is 3.10. The van der Waals surface area contributed by atoms with Crippen molar-refractivity contribution in [2.75, 3.05) is 19.6 Å². The van der Waals surface area contributed by atoms with Crippen LogP contribution < -0.4 is 43.8 Å². The van der Waals surface area contributed by atoms with Crippen molar-refractivity contribution in [3.8, 4) is 0 Å². The first-order chi connectivity index (χ1) is 25.4. The van der Waals surface area contributed by atoms with Gasteiger partial charge < -0.3 is 43.8 Å². The number of rotatable bonds is 35. The second-order valence-corrected chi connectivity index (χ2v) is 15.3. The van der Waals surface area contributed by atoms with Crippen LogP contribution in [0.25, 0.3) is 0 Å². The lowest BCUT2D eigenvalue weighted by Gasteiger charge is -2.27. The summed E-state index contributed by atoms with van der Waals surface area (Å²) in [6.07, 6.45) is 21.6. The molecule has 0 radical (unpaired) electrons. The summed E-state index contributed by atoms with van der Waals surface area (Å²) in [5, 5.41) is 21.8. The number of hydrogen-bond donors (Lipinski definition) is 9. The lowest BCUT2D eigenvalue weighted by atomic mass is 10.0. The molecule has 0 aliphatic rings. The van der Waals surface area contributed by atoms with E-state index in [2.05, 4.69) is 33.5 Å². The average molecular weight is 752 g/mol. The van der Waals surface area contributed by atoms with E-state index < -0.39 is 29.9 Å². The zero-order valence-electron chi connectivity index (χ0n) is 34.1. The zero-order chi connectivity index (χ0) is 39.7. The molecule has 0 saturated carbocycles. The Morgan fingerprint density at radius 3 is 1.47 bits per heavy atom. The fourth-order valence-corrected chi connectivity index (χ4v) is 6.39. The van der Waals surface area contributed by atoms with Gasteiger partial charge >= 0.3 is 0 Å². The number of hydrogen-bond acceptors (Lipinski definition) is 7. The molecular formula is C40H81N9O4. The molecule has 0 aliphatic heterocycles. The number of nitrogens with one attached hydrogen (secondary N) is 6. The monoisotopic (exact) mass is 752 g/mol. The van der Waals surface area contributed by atoms with Gasteiger partial charge in [-0.05, 0) is 90.1 Å². The smallest absolute Gasteiger partial charge is 0.243 e. The van der Waals surface area contributed by atoms with E-state index >= 15 is 0 Å². The number of carbonyl (C=O) groups is 4. The van der Waals surface area contributed by atoms with Crippen LogP contribution in [-0.2, 0) is 19.2 Å². The summed E-state index contributed by atoms with van der Waals surface area (Å²) < 4.78 is 0. The first-order valence-corrected chi connectivity index (χ1v) is 21.1. The van der Waals surface area contributed by atoms with E-state index in [0.717, 1.165) is 25.7 Å². The molecule has 13 heteroatoms. The molecule has 0 aromatic heterocycles. The maximum atomic E-state index is 13.7. The topological polar surface area (TPSA) is 230 Å². The van der Waals surface area contributed by atoms with Crippen molar-refractivity contribution in [1.29, 1.82) is 5.41 Å². The Bertz CT molecular complexity index is 982. The van der Waals surface area contributed by atoms with Crippen LogP contribution in [0.15, 0.2) is 0 Å². The number of guanidine groups is 1. The molecule has 0 bridgehead atoms. The zero-order valence-corrected chi connectivity index (χ0v) is 34.1. The largest absolute Gasteiger partial charge is 0.370 e. The van der Waals surface area contributed by atoms with Gasteiger partial charge in [0.05, 0.1) is 0 Å². The highest BCUT2D eigenvalue weighted by Gasteiger charge is 2.30. The molecule has 0 aromatic rings. The normalized spacial score (nSPS) is 13.5. The summed E-state index contributed by atoms with van der Waals surface area (Å²) in [7, 11) is 0. The van der Waals surface area contributed by atoms with Crippen LogP contribution in [0, 0.1) is 11.3 Å². The van der Waals surface area contributed by atoms with Crippen LogP contribution in [0.1, 0.15) is 175 Å². The van der Waals surface area contributed by atoms with E-state index in [-0.39, 0.29) is 29.7 Å². The van der Waals surface area contributed by atoms with Gasteiger partial charge in [-0.15, -0.1) is 0 Å². The van der Waals surface area contributed by atoms with Crippen LogP contribution in [0.3, 0.4) is 0 Å². The predicted octanol–water partition coefficient (Wildman–Crippen LogP) is 4.99. The predicted molar refractivity (Wildman–Crippen MR) is 218 cm³/mol. The van der Waals surface area contributed by atoms with Crippen LogP contribution >= 0.6 is 0 Å². The molecule has 0 aromatic carbocycles. The van der Waals surface area contributed by atoms with Crippen LogP contribution in [-0.4, -0.2) is 73.4 Å². The number of nitrogens with two attached hydrogens (primary N) is 3. The fraction of sp³-hybridized carbons (Fsp3) is 0.875. The molecule has 4 atom stereocenters. The summed E-state index contributed by atoms with van der Waals surface area (Å²) in [4.78, 5) is 53.7. The number of carbonyl (C=O) groups excluding carboxylic acids is 4. The molecule has 0 aliphatic carbocycles. The van der Waals surface area contributed by atoms with Gasteiger partial charge in [0.1, 0.15) is 18.1 Å². The summed E-state index contributed by atoms with van der Waals surface area (Å²) in [6.45, 7) is 9.58. The van der Waals surface area contributed by atoms with E-state index in [0.29, 0.717) is 77.4 Å². The van der Waals surface area contributed by atoms with Crippen LogP contribution in [0.4, 0.5) is 0 Å². The van der Waals surface area contributed by atoms with Gasteiger partial charge in [-0.2, -0.15) is 0 Å². The summed E-state index contributed by atoms with van der Waals surface area (Å²) in [6, 6.07) is -2.61. The van der Waals surface area contributed by atoms with Crippen LogP contribution in [0.5, 0.6) is 0 Å². The third kappa shape index (κ3) is 29.2. The molecule has 13 nitrogen and oxygen atoms in total. The standard InChI is InChI=1S/C40H81N9O4/c1-5-6-7-8-9-10-11-12-13-14-15-16-17-26-36(50)47-33(24-18-20-27-41)37(51)48-34(25-19-21-28-42)38(52)49-35(30-31(2)3)39(53)46-32(4)23-22-29-45-40(43)44/h31-35H,5-30,41-42H2,1-4H3,(H,46,53)(H,47,50)(H,48,51)(H,49,52)(H4,43,44,45)/t32-,33+,34-,35+/m1/s1. The van der Waals surface area contributed by atoms with E-state index in [4.69, 9.17) is 22.6 Å². The van der Waals surface area contributed by atoms with Crippen molar-refractivity contribution >= 4 is 29.6 Å². The van der Waals surface area contributed by atoms with Gasteiger partial charge in [0.15, 0.2) is 5.96 Å². The van der Waals surface area contributed by atoms with E-state index in [1.807, 2.05) is 20.8 Å². The van der Waals surface area contributed by atoms with Crippen LogP contribution in [0.2, 0.25) is 0 Å². The molecule has 0 saturated heterocycles. The minimum Gasteiger partial charge on any atom is -0.370 e. The molecule has 310 valence electrons. The van der Waals surface area contributed by atoms with Crippen molar-refractivity contribution in [3.05, 3.63) is 0 Å². The number of amides is 4. The Hall–Kier alpha value is -2.93. The van der Waals surface area contributed by atoms with E-state index in [1.54, 1.807) is 0 Å². The second kappa shape index (κ2) is 33.6. The molecule has 53 heavy (non-hydrogen) atoms. The van der Waals surface area contributed by atoms with Gasteiger partial charge in [-0.25, -0.2) is 0 Å². The van der Waals surface area contributed by atoms with Gasteiger partial charge in [-0.1, -0.05) is 97.8 Å². The molecule has 0 heterocycles. The lowest BCUT2D eigenvalue weighted by molar-refractivity contribution is -0.134. The molecule has 12 N–H and O–H groups in total.